The highest BCUT2D eigenvalue weighted by Crippen LogP contribution is 2.29. The summed E-state index contributed by atoms with van der Waals surface area (Å²) >= 11 is 1.41. The topological polar surface area (TPSA) is 105 Å². The van der Waals surface area contributed by atoms with Crippen LogP contribution in [-0.4, -0.2) is 57.8 Å². The third kappa shape index (κ3) is 5.00. The molecule has 1 fully saturated rings. The Morgan fingerprint density at radius 3 is 2.54 bits per heavy atom. The summed E-state index contributed by atoms with van der Waals surface area (Å²) in [6, 6.07) is 11.9. The van der Waals surface area contributed by atoms with Crippen molar-refractivity contribution in [3.63, 3.8) is 0 Å². The number of aromatic nitrogens is 3. The number of amides is 1. The van der Waals surface area contributed by atoms with Gasteiger partial charge in [0, 0.05) is 38.3 Å². The van der Waals surface area contributed by atoms with E-state index >= 15 is 0 Å². The molecule has 3 heterocycles. The normalized spacial score (nSPS) is 16.0. The van der Waals surface area contributed by atoms with E-state index in [9.17, 15) is 18.3 Å². The number of fused-ring (bicyclic) bond motifs is 1. The summed E-state index contributed by atoms with van der Waals surface area (Å²) in [5.41, 5.74) is 3.38. The molecule has 0 radical (unpaired) electrons. The second kappa shape index (κ2) is 9.18. The van der Waals surface area contributed by atoms with Crippen LogP contribution in [0.2, 0.25) is 0 Å². The highest BCUT2D eigenvalue weighted by atomic mass is 32.2. The molecule has 10 heteroatoms. The van der Waals surface area contributed by atoms with E-state index in [-0.39, 0.29) is 16.6 Å². The van der Waals surface area contributed by atoms with Gasteiger partial charge in [-0.15, -0.1) is 11.3 Å². The predicted molar refractivity (Wildman–Crippen MR) is 134 cm³/mol. The molecule has 0 saturated carbocycles. The molecule has 1 amide bonds. The van der Waals surface area contributed by atoms with Crippen LogP contribution >= 0.6 is 11.3 Å². The lowest BCUT2D eigenvalue weighted by Crippen LogP contribution is -2.47. The molecule has 0 unspecified atom stereocenters. The fraction of sp³-hybridized carbons (Fsp3) is 0.320. The predicted octanol–water partition coefficient (Wildman–Crippen LogP) is 3.21. The first-order chi connectivity index (χ1) is 16.7. The van der Waals surface area contributed by atoms with Gasteiger partial charge in [-0.05, 0) is 48.2 Å². The van der Waals surface area contributed by atoms with E-state index in [4.69, 9.17) is 0 Å². The van der Waals surface area contributed by atoms with E-state index < -0.39 is 15.4 Å². The van der Waals surface area contributed by atoms with Crippen LogP contribution in [0.1, 0.15) is 34.3 Å². The Morgan fingerprint density at radius 2 is 1.86 bits per heavy atom. The van der Waals surface area contributed by atoms with Gasteiger partial charge in [0.1, 0.15) is 0 Å². The van der Waals surface area contributed by atoms with Gasteiger partial charge in [-0.25, -0.2) is 13.4 Å². The van der Waals surface area contributed by atoms with Gasteiger partial charge < -0.3 is 10.0 Å². The molecule has 4 aromatic rings. The summed E-state index contributed by atoms with van der Waals surface area (Å²) in [5.74, 6) is -0.279. The molecule has 0 aliphatic carbocycles. The highest BCUT2D eigenvalue weighted by molar-refractivity contribution is 7.90. The Kier molecular flexibility index (Phi) is 6.20. The van der Waals surface area contributed by atoms with Crippen molar-refractivity contribution < 1.29 is 18.3 Å². The number of rotatable bonds is 6. The Bertz CT molecular complexity index is 1470. The SMILES string of the molecule is Cn1cc(CC2(O)CCN(C(=O)c3ccc(CS(=O)(=O)c4cccc5scnc45)cc3)CC2)cn1. The quantitative estimate of drug-likeness (QED) is 0.427. The van der Waals surface area contributed by atoms with Crippen molar-refractivity contribution in [3.05, 3.63) is 77.1 Å². The highest BCUT2D eigenvalue weighted by Gasteiger charge is 2.34. The van der Waals surface area contributed by atoms with Crippen LogP contribution in [0.3, 0.4) is 0 Å². The average Bonchev–Trinajstić information content (AvgIpc) is 3.47. The van der Waals surface area contributed by atoms with Crippen LogP contribution in [-0.2, 0) is 29.1 Å². The van der Waals surface area contributed by atoms with Crippen molar-refractivity contribution in [2.45, 2.75) is 35.5 Å². The van der Waals surface area contributed by atoms with Crippen molar-refractivity contribution in [1.82, 2.24) is 19.7 Å². The largest absolute Gasteiger partial charge is 0.389 e. The van der Waals surface area contributed by atoms with Gasteiger partial charge in [-0.1, -0.05) is 18.2 Å². The van der Waals surface area contributed by atoms with E-state index in [1.807, 2.05) is 19.3 Å². The number of thiazole rings is 1. The van der Waals surface area contributed by atoms with Crippen LogP contribution in [0.15, 0.2) is 65.3 Å². The van der Waals surface area contributed by atoms with Gasteiger partial charge in [0.05, 0.1) is 38.2 Å². The van der Waals surface area contributed by atoms with Gasteiger partial charge in [-0.3, -0.25) is 9.48 Å². The summed E-state index contributed by atoms with van der Waals surface area (Å²) in [4.78, 5) is 19.2. The summed E-state index contributed by atoms with van der Waals surface area (Å²) < 4.78 is 28.6. The van der Waals surface area contributed by atoms with Crippen LogP contribution in [0.4, 0.5) is 0 Å². The maximum Gasteiger partial charge on any atom is 0.253 e. The molecule has 0 bridgehead atoms. The Morgan fingerprint density at radius 1 is 1.11 bits per heavy atom. The fourth-order valence-corrected chi connectivity index (χ4v) is 6.88. The second-order valence-corrected chi connectivity index (χ2v) is 12.0. The van der Waals surface area contributed by atoms with Gasteiger partial charge in [0.25, 0.3) is 5.91 Å². The van der Waals surface area contributed by atoms with Gasteiger partial charge >= 0.3 is 0 Å². The zero-order valence-electron chi connectivity index (χ0n) is 19.3. The zero-order valence-corrected chi connectivity index (χ0v) is 20.9. The molecule has 0 atom stereocenters. The minimum atomic E-state index is -3.59. The molecule has 182 valence electrons. The lowest BCUT2D eigenvalue weighted by atomic mass is 9.86. The summed E-state index contributed by atoms with van der Waals surface area (Å²) in [5, 5.41) is 15.1. The number of aliphatic hydroxyl groups is 1. The molecule has 0 spiro atoms. The number of likely N-dealkylation sites (tertiary alicyclic amines) is 1. The van der Waals surface area contributed by atoms with Crippen molar-refractivity contribution in [2.75, 3.05) is 13.1 Å². The van der Waals surface area contributed by atoms with E-state index in [0.717, 1.165) is 10.3 Å². The molecular weight excluding hydrogens is 484 g/mol. The zero-order chi connectivity index (χ0) is 24.6. The lowest BCUT2D eigenvalue weighted by molar-refractivity contribution is -0.0162. The number of piperidine rings is 1. The minimum Gasteiger partial charge on any atom is -0.389 e. The Balaban J connectivity index is 1.23. The van der Waals surface area contributed by atoms with Crippen molar-refractivity contribution in [2.24, 2.45) is 7.05 Å². The number of aryl methyl sites for hydroxylation is 1. The van der Waals surface area contributed by atoms with E-state index in [1.54, 1.807) is 57.7 Å². The van der Waals surface area contributed by atoms with Crippen molar-refractivity contribution in [1.29, 1.82) is 0 Å². The first kappa shape index (κ1) is 23.7. The van der Waals surface area contributed by atoms with Crippen LogP contribution < -0.4 is 0 Å². The second-order valence-electron chi connectivity index (χ2n) is 9.13. The third-order valence-corrected chi connectivity index (χ3v) is 9.00. The van der Waals surface area contributed by atoms with Crippen LogP contribution in [0.25, 0.3) is 10.2 Å². The van der Waals surface area contributed by atoms with Gasteiger partial charge in [-0.2, -0.15) is 5.10 Å². The number of hydrogen-bond donors (Lipinski definition) is 1. The number of carbonyl (C=O) groups is 1. The lowest BCUT2D eigenvalue weighted by Gasteiger charge is -2.38. The van der Waals surface area contributed by atoms with Crippen LogP contribution in [0, 0.1) is 0 Å². The Labute approximate surface area is 207 Å². The molecule has 1 N–H and O–H groups in total. The van der Waals surface area contributed by atoms with Crippen LogP contribution in [0.5, 0.6) is 0 Å². The maximum atomic E-state index is 13.0. The van der Waals surface area contributed by atoms with Gasteiger partial charge in [0.2, 0.25) is 0 Å². The minimum absolute atomic E-state index is 0.116. The molecule has 5 rings (SSSR count). The molecule has 8 nitrogen and oxygen atoms in total. The summed E-state index contributed by atoms with van der Waals surface area (Å²) in [7, 11) is -1.74. The van der Waals surface area contributed by atoms with Crippen molar-refractivity contribution >= 4 is 37.3 Å². The smallest absolute Gasteiger partial charge is 0.253 e. The molecule has 35 heavy (non-hydrogen) atoms. The Hall–Kier alpha value is -3.08. The fourth-order valence-electron chi connectivity index (χ4n) is 4.58. The first-order valence-electron chi connectivity index (χ1n) is 11.4. The molecule has 2 aromatic heterocycles. The number of sulfone groups is 1. The molecule has 1 saturated heterocycles. The standard InChI is InChI=1S/C25H26N4O4S2/c1-28-15-19(14-27-28)13-25(31)9-11-29(12-10-25)24(30)20-7-5-18(6-8-20)16-35(32,33)22-4-2-3-21-23(22)26-17-34-21/h2-8,14-15,17,31H,9-13,16H2,1H3. The number of para-hydroxylation sites is 1. The molecule has 2 aromatic carbocycles. The number of carbonyl (C=O) groups excluding carboxylic acids is 1. The molecule has 1 aliphatic heterocycles. The van der Waals surface area contributed by atoms with Gasteiger partial charge in [0.15, 0.2) is 9.84 Å². The molecule has 1 aliphatic rings. The van der Waals surface area contributed by atoms with E-state index in [0.29, 0.717) is 49.0 Å². The average molecular weight is 511 g/mol. The number of hydrogen-bond acceptors (Lipinski definition) is 7. The summed E-state index contributed by atoms with van der Waals surface area (Å²) in [6.07, 6.45) is 5.15. The van der Waals surface area contributed by atoms with E-state index in [1.165, 1.54) is 11.3 Å². The third-order valence-electron chi connectivity index (χ3n) is 6.49. The van der Waals surface area contributed by atoms with Crippen molar-refractivity contribution in [3.8, 4) is 0 Å². The maximum absolute atomic E-state index is 13.0. The molecular formula is C25H26N4O4S2. The number of benzene rings is 2. The summed E-state index contributed by atoms with van der Waals surface area (Å²) in [6.45, 7) is 0.923. The monoisotopic (exact) mass is 510 g/mol. The van der Waals surface area contributed by atoms with E-state index in [2.05, 4.69) is 10.1 Å². The first-order valence-corrected chi connectivity index (χ1v) is 13.9. The number of nitrogens with zero attached hydrogens (tertiary/aromatic N) is 4.